The summed E-state index contributed by atoms with van der Waals surface area (Å²) in [5, 5.41) is 10.5. The Kier molecular flexibility index (Phi) is 2.63. The van der Waals surface area contributed by atoms with Crippen LogP contribution in [0, 0.1) is 22.0 Å². The molecule has 2 atom stereocenters. The SMILES string of the molecule is O=C(CN1C(=O)C2CC2C1=O)c1ccc([N+](=O)[O-])cc1. The van der Waals surface area contributed by atoms with E-state index in [4.69, 9.17) is 0 Å². The molecule has 7 heteroatoms. The fraction of sp³-hybridized carbons (Fsp3) is 0.308. The van der Waals surface area contributed by atoms with E-state index in [2.05, 4.69) is 0 Å². The summed E-state index contributed by atoms with van der Waals surface area (Å²) in [6, 6.07) is 5.09. The highest BCUT2D eigenvalue weighted by atomic mass is 16.6. The monoisotopic (exact) mass is 274 g/mol. The Morgan fingerprint density at radius 3 is 2.25 bits per heavy atom. The Hall–Kier alpha value is -2.57. The molecule has 1 aliphatic heterocycles. The highest BCUT2D eigenvalue weighted by Gasteiger charge is 2.58. The lowest BCUT2D eigenvalue weighted by molar-refractivity contribution is -0.384. The van der Waals surface area contributed by atoms with Crippen LogP contribution in [0.2, 0.25) is 0 Å². The normalized spacial score (nSPS) is 23.7. The van der Waals surface area contributed by atoms with E-state index in [1.165, 1.54) is 24.3 Å². The van der Waals surface area contributed by atoms with Crippen LogP contribution in [0.15, 0.2) is 24.3 Å². The number of hydrogen-bond donors (Lipinski definition) is 0. The number of likely N-dealkylation sites (tertiary alicyclic amines) is 1. The van der Waals surface area contributed by atoms with Crippen molar-refractivity contribution >= 4 is 23.3 Å². The van der Waals surface area contributed by atoms with Gasteiger partial charge < -0.3 is 0 Å². The predicted octanol–water partition coefficient (Wildman–Crippen LogP) is 0.782. The van der Waals surface area contributed by atoms with E-state index in [0.717, 1.165) is 4.90 Å². The van der Waals surface area contributed by atoms with Gasteiger partial charge in [-0.15, -0.1) is 0 Å². The number of ketones is 1. The topological polar surface area (TPSA) is 97.6 Å². The highest BCUT2D eigenvalue weighted by molar-refractivity contribution is 6.12. The Morgan fingerprint density at radius 2 is 1.75 bits per heavy atom. The molecule has 2 amide bonds. The van der Waals surface area contributed by atoms with E-state index in [0.29, 0.717) is 6.42 Å². The van der Waals surface area contributed by atoms with Crippen molar-refractivity contribution in [2.75, 3.05) is 6.54 Å². The summed E-state index contributed by atoms with van der Waals surface area (Å²) in [5.41, 5.74) is 0.132. The van der Waals surface area contributed by atoms with Gasteiger partial charge in [-0.25, -0.2) is 0 Å². The first-order valence-electron chi connectivity index (χ1n) is 6.12. The molecule has 0 spiro atoms. The average molecular weight is 274 g/mol. The predicted molar refractivity (Wildman–Crippen MR) is 65.7 cm³/mol. The number of fused-ring (bicyclic) bond motifs is 1. The van der Waals surface area contributed by atoms with Gasteiger partial charge in [0.25, 0.3) is 5.69 Å². The summed E-state index contributed by atoms with van der Waals surface area (Å²) in [5.74, 6) is -1.42. The van der Waals surface area contributed by atoms with Crippen LogP contribution < -0.4 is 0 Å². The molecule has 2 fully saturated rings. The fourth-order valence-corrected chi connectivity index (χ4v) is 2.41. The van der Waals surface area contributed by atoms with Crippen molar-refractivity contribution in [2.45, 2.75) is 6.42 Å². The van der Waals surface area contributed by atoms with Gasteiger partial charge in [0.2, 0.25) is 11.8 Å². The Morgan fingerprint density at radius 1 is 1.20 bits per heavy atom. The highest BCUT2D eigenvalue weighted by Crippen LogP contribution is 2.46. The molecule has 0 bridgehead atoms. The summed E-state index contributed by atoms with van der Waals surface area (Å²) in [6.45, 7) is -0.289. The van der Waals surface area contributed by atoms with Crippen molar-refractivity contribution in [3.8, 4) is 0 Å². The number of carbonyl (C=O) groups excluding carboxylic acids is 3. The molecular formula is C13H10N2O5. The van der Waals surface area contributed by atoms with E-state index in [9.17, 15) is 24.5 Å². The number of rotatable bonds is 4. The first kappa shape index (κ1) is 12.5. The molecule has 0 aromatic heterocycles. The number of nitro groups is 1. The Balaban J connectivity index is 1.72. The third-order valence-electron chi connectivity index (χ3n) is 3.66. The second-order valence-electron chi connectivity index (χ2n) is 4.94. The van der Waals surface area contributed by atoms with Crippen LogP contribution in [-0.2, 0) is 9.59 Å². The molecule has 7 nitrogen and oxygen atoms in total. The molecule has 2 aliphatic rings. The van der Waals surface area contributed by atoms with Crippen LogP contribution in [0.5, 0.6) is 0 Å². The number of carbonyl (C=O) groups is 3. The van der Waals surface area contributed by atoms with E-state index in [1.807, 2.05) is 0 Å². The molecule has 1 aromatic rings. The molecule has 2 unspecified atom stereocenters. The lowest BCUT2D eigenvalue weighted by Crippen LogP contribution is -2.37. The van der Waals surface area contributed by atoms with Crippen molar-refractivity contribution in [3.05, 3.63) is 39.9 Å². The molecule has 1 aliphatic carbocycles. The van der Waals surface area contributed by atoms with Crippen LogP contribution in [0.4, 0.5) is 5.69 Å². The molecule has 0 radical (unpaired) electrons. The second kappa shape index (κ2) is 4.22. The second-order valence-corrected chi connectivity index (χ2v) is 4.94. The molecule has 3 rings (SSSR count). The summed E-state index contributed by atoms with van der Waals surface area (Å²) in [6.07, 6.45) is 0.597. The zero-order valence-corrected chi connectivity index (χ0v) is 10.3. The van der Waals surface area contributed by atoms with Gasteiger partial charge in [-0.1, -0.05) is 0 Å². The number of non-ortho nitro benzene ring substituents is 1. The Bertz CT molecular complexity index is 617. The third kappa shape index (κ3) is 1.87. The first-order chi connectivity index (χ1) is 9.49. The minimum Gasteiger partial charge on any atom is -0.292 e. The summed E-state index contributed by atoms with van der Waals surface area (Å²) in [7, 11) is 0. The van der Waals surface area contributed by atoms with Crippen molar-refractivity contribution in [1.82, 2.24) is 4.90 Å². The van der Waals surface area contributed by atoms with Gasteiger partial charge >= 0.3 is 0 Å². The smallest absolute Gasteiger partial charge is 0.269 e. The van der Waals surface area contributed by atoms with Crippen LogP contribution >= 0.6 is 0 Å². The minimum absolute atomic E-state index is 0.115. The number of amides is 2. The molecule has 1 aromatic carbocycles. The number of Topliss-reactive ketones (excluding diaryl/α,β-unsaturated/α-hetero) is 1. The summed E-state index contributed by atoms with van der Waals surface area (Å²) >= 11 is 0. The molecule has 1 saturated carbocycles. The largest absolute Gasteiger partial charge is 0.292 e. The zero-order valence-electron chi connectivity index (χ0n) is 10.3. The lowest BCUT2D eigenvalue weighted by atomic mass is 10.1. The van der Waals surface area contributed by atoms with Gasteiger partial charge in [-0.05, 0) is 18.6 Å². The maximum absolute atomic E-state index is 12.0. The fourth-order valence-electron chi connectivity index (χ4n) is 2.41. The van der Waals surface area contributed by atoms with Gasteiger partial charge in [0.15, 0.2) is 5.78 Å². The molecule has 1 saturated heterocycles. The molecule has 20 heavy (non-hydrogen) atoms. The molecule has 1 heterocycles. The van der Waals surface area contributed by atoms with Gasteiger partial charge in [-0.2, -0.15) is 0 Å². The molecule has 0 N–H and O–H groups in total. The number of nitro benzene ring substituents is 1. The standard InChI is InChI=1S/C13H10N2O5/c16-11(7-1-3-8(4-2-7)15(19)20)6-14-12(17)9-5-10(9)13(14)18/h1-4,9-10H,5-6H2. The van der Waals surface area contributed by atoms with Gasteiger partial charge in [0.05, 0.1) is 23.3 Å². The Labute approximate surface area is 113 Å². The van der Waals surface area contributed by atoms with Crippen molar-refractivity contribution in [1.29, 1.82) is 0 Å². The van der Waals surface area contributed by atoms with E-state index >= 15 is 0 Å². The molecule has 102 valence electrons. The van der Waals surface area contributed by atoms with Crippen molar-refractivity contribution in [3.63, 3.8) is 0 Å². The maximum Gasteiger partial charge on any atom is 0.269 e. The number of imide groups is 1. The van der Waals surface area contributed by atoms with Crippen LogP contribution in [0.3, 0.4) is 0 Å². The van der Waals surface area contributed by atoms with Crippen molar-refractivity contribution < 1.29 is 19.3 Å². The van der Waals surface area contributed by atoms with E-state index < -0.39 is 10.7 Å². The lowest BCUT2D eigenvalue weighted by Gasteiger charge is -2.15. The number of benzene rings is 1. The van der Waals surface area contributed by atoms with Crippen LogP contribution in [-0.4, -0.2) is 34.0 Å². The average Bonchev–Trinajstić information content (AvgIpc) is 3.19. The third-order valence-corrected chi connectivity index (χ3v) is 3.66. The number of piperidine rings is 1. The van der Waals surface area contributed by atoms with Gasteiger partial charge in [0, 0.05) is 17.7 Å². The van der Waals surface area contributed by atoms with Crippen LogP contribution in [0.1, 0.15) is 16.8 Å². The number of nitrogens with zero attached hydrogens (tertiary/aromatic N) is 2. The quantitative estimate of drug-likeness (QED) is 0.350. The van der Waals surface area contributed by atoms with E-state index in [-0.39, 0.29) is 41.4 Å². The van der Waals surface area contributed by atoms with E-state index in [1.54, 1.807) is 0 Å². The van der Waals surface area contributed by atoms with Crippen LogP contribution in [0.25, 0.3) is 0 Å². The maximum atomic E-state index is 12.0. The van der Waals surface area contributed by atoms with Crippen molar-refractivity contribution in [2.24, 2.45) is 11.8 Å². The van der Waals surface area contributed by atoms with Gasteiger partial charge in [0.1, 0.15) is 0 Å². The number of hydrogen-bond acceptors (Lipinski definition) is 5. The zero-order chi connectivity index (χ0) is 14.4. The summed E-state index contributed by atoms with van der Waals surface area (Å²) in [4.78, 5) is 46.4. The summed E-state index contributed by atoms with van der Waals surface area (Å²) < 4.78 is 0. The first-order valence-corrected chi connectivity index (χ1v) is 6.12. The molecular weight excluding hydrogens is 264 g/mol. The minimum atomic E-state index is -0.560. The van der Waals surface area contributed by atoms with Gasteiger partial charge in [-0.3, -0.25) is 29.4 Å².